The lowest BCUT2D eigenvalue weighted by atomic mass is 10.1. The number of aryl methyl sites for hydroxylation is 1. The molecule has 0 radical (unpaired) electrons. The van der Waals surface area contributed by atoms with Crippen LogP contribution >= 0.6 is 11.8 Å². The van der Waals surface area contributed by atoms with E-state index in [2.05, 4.69) is 0 Å². The zero-order valence-electron chi connectivity index (χ0n) is 13.8. The molecule has 1 aliphatic heterocycles. The third kappa shape index (κ3) is 3.17. The third-order valence-electron chi connectivity index (χ3n) is 4.30. The molecule has 0 saturated carbocycles. The van der Waals surface area contributed by atoms with Crippen molar-refractivity contribution in [2.24, 2.45) is 0 Å². The predicted molar refractivity (Wildman–Crippen MR) is 93.4 cm³/mol. The van der Waals surface area contributed by atoms with Gasteiger partial charge in [0.05, 0.1) is 16.9 Å². The number of anilines is 1. The number of thioether (sulfide) groups is 1. The molecule has 3 rings (SSSR count). The van der Waals surface area contributed by atoms with Crippen LogP contribution in [0, 0.1) is 13.8 Å². The summed E-state index contributed by atoms with van der Waals surface area (Å²) < 4.78 is 0. The highest BCUT2D eigenvalue weighted by atomic mass is 32.2. The zero-order chi connectivity index (χ0) is 18.1. The van der Waals surface area contributed by atoms with Crippen molar-refractivity contribution in [2.45, 2.75) is 30.4 Å². The highest BCUT2D eigenvalue weighted by molar-refractivity contribution is 8.00. The Hall–Kier alpha value is -2.60. The number of carbonyl (C=O) groups excluding carboxylic acids is 3. The van der Waals surface area contributed by atoms with E-state index in [1.165, 1.54) is 11.0 Å². The molecular weight excluding hydrogens is 338 g/mol. The second kappa shape index (κ2) is 6.72. The van der Waals surface area contributed by atoms with Crippen LogP contribution in [0.5, 0.6) is 0 Å². The molecule has 1 atom stereocenters. The van der Waals surface area contributed by atoms with Crippen molar-refractivity contribution in [3.8, 4) is 0 Å². The minimum absolute atomic E-state index is 0.0259. The van der Waals surface area contributed by atoms with Gasteiger partial charge in [0.25, 0.3) is 0 Å². The van der Waals surface area contributed by atoms with Crippen LogP contribution in [0.15, 0.2) is 47.4 Å². The van der Waals surface area contributed by atoms with Gasteiger partial charge >= 0.3 is 0 Å². The fourth-order valence-electron chi connectivity index (χ4n) is 2.82. The van der Waals surface area contributed by atoms with Gasteiger partial charge in [0, 0.05) is 16.9 Å². The van der Waals surface area contributed by atoms with E-state index in [4.69, 9.17) is 0 Å². The maximum absolute atomic E-state index is 12.8. The Morgan fingerprint density at radius 3 is 2.56 bits per heavy atom. The van der Waals surface area contributed by atoms with Crippen LogP contribution in [-0.4, -0.2) is 23.0 Å². The molecule has 25 heavy (non-hydrogen) atoms. The fourth-order valence-corrected chi connectivity index (χ4v) is 3.99. The van der Waals surface area contributed by atoms with E-state index in [-0.39, 0.29) is 23.8 Å². The van der Waals surface area contributed by atoms with E-state index in [1.807, 2.05) is 26.0 Å². The number of hydrogen-bond acceptors (Lipinski definition) is 5. The molecule has 0 spiro atoms. The van der Waals surface area contributed by atoms with E-state index in [0.717, 1.165) is 22.9 Å². The number of aromatic carboxylic acids is 1. The van der Waals surface area contributed by atoms with E-state index < -0.39 is 11.2 Å². The summed E-state index contributed by atoms with van der Waals surface area (Å²) in [5, 5.41) is 10.6. The molecule has 128 valence electrons. The van der Waals surface area contributed by atoms with Gasteiger partial charge in [0.1, 0.15) is 0 Å². The Bertz CT molecular complexity index is 877. The lowest BCUT2D eigenvalue weighted by Crippen LogP contribution is -2.32. The highest BCUT2D eigenvalue weighted by Gasteiger charge is 2.41. The van der Waals surface area contributed by atoms with Crippen molar-refractivity contribution in [3.63, 3.8) is 0 Å². The number of imide groups is 1. The first kappa shape index (κ1) is 17.2. The number of carboxylic acid groups (broad SMARTS) is 1. The first-order chi connectivity index (χ1) is 11.9. The average Bonchev–Trinajstić information content (AvgIpc) is 2.85. The molecule has 2 aromatic carbocycles. The van der Waals surface area contributed by atoms with Crippen LogP contribution in [0.4, 0.5) is 5.69 Å². The van der Waals surface area contributed by atoms with Gasteiger partial charge in [-0.2, -0.15) is 0 Å². The summed E-state index contributed by atoms with van der Waals surface area (Å²) in [7, 11) is 0. The number of rotatable bonds is 4. The molecule has 0 N–H and O–H groups in total. The SMILES string of the molecule is Cc1cccc(N2C(=O)CC(Sc3ccccc3C(=O)[O-])C2=O)c1C. The topological polar surface area (TPSA) is 77.5 Å². The van der Waals surface area contributed by atoms with E-state index in [0.29, 0.717) is 10.6 Å². The summed E-state index contributed by atoms with van der Waals surface area (Å²) >= 11 is 1.09. The number of benzene rings is 2. The Kier molecular flexibility index (Phi) is 4.63. The first-order valence-corrected chi connectivity index (χ1v) is 8.68. The van der Waals surface area contributed by atoms with Crippen LogP contribution in [0.1, 0.15) is 27.9 Å². The summed E-state index contributed by atoms with van der Waals surface area (Å²) in [6.45, 7) is 3.79. The van der Waals surface area contributed by atoms with Crippen LogP contribution in [0.3, 0.4) is 0 Å². The Balaban J connectivity index is 1.90. The van der Waals surface area contributed by atoms with Gasteiger partial charge in [0.15, 0.2) is 0 Å². The van der Waals surface area contributed by atoms with Crippen LogP contribution < -0.4 is 10.0 Å². The summed E-state index contributed by atoms with van der Waals surface area (Å²) in [6, 6.07) is 11.8. The van der Waals surface area contributed by atoms with E-state index in [9.17, 15) is 19.5 Å². The van der Waals surface area contributed by atoms with E-state index >= 15 is 0 Å². The normalized spacial score (nSPS) is 17.2. The second-order valence-electron chi connectivity index (χ2n) is 5.88. The molecule has 1 saturated heterocycles. The van der Waals surface area contributed by atoms with Crippen molar-refractivity contribution in [3.05, 3.63) is 59.2 Å². The van der Waals surface area contributed by atoms with Gasteiger partial charge in [-0.1, -0.05) is 30.3 Å². The van der Waals surface area contributed by atoms with Gasteiger partial charge < -0.3 is 9.90 Å². The van der Waals surface area contributed by atoms with Gasteiger partial charge in [-0.25, -0.2) is 4.90 Å². The third-order valence-corrected chi connectivity index (χ3v) is 5.56. The first-order valence-electron chi connectivity index (χ1n) is 7.80. The Morgan fingerprint density at radius 2 is 1.84 bits per heavy atom. The Labute approximate surface area is 149 Å². The molecule has 5 nitrogen and oxygen atoms in total. The number of carbonyl (C=O) groups is 3. The van der Waals surface area contributed by atoms with E-state index in [1.54, 1.807) is 24.3 Å². The van der Waals surface area contributed by atoms with Crippen LogP contribution in [0.2, 0.25) is 0 Å². The maximum atomic E-state index is 12.8. The fraction of sp³-hybridized carbons (Fsp3) is 0.211. The summed E-state index contributed by atoms with van der Waals surface area (Å²) in [5.74, 6) is -1.90. The largest absolute Gasteiger partial charge is 0.545 e. The van der Waals surface area contributed by atoms with Gasteiger partial charge in [0.2, 0.25) is 11.8 Å². The predicted octanol–water partition coefficient (Wildman–Crippen LogP) is 2.09. The van der Waals surface area contributed by atoms with Crippen molar-refractivity contribution >= 4 is 35.2 Å². The van der Waals surface area contributed by atoms with Gasteiger partial charge in [-0.15, -0.1) is 11.8 Å². The molecule has 6 heteroatoms. The summed E-state index contributed by atoms with van der Waals surface area (Å²) in [4.78, 5) is 38.1. The van der Waals surface area contributed by atoms with Crippen molar-refractivity contribution in [1.82, 2.24) is 0 Å². The molecular formula is C19H16NO4S-. The van der Waals surface area contributed by atoms with Gasteiger partial charge in [-0.3, -0.25) is 9.59 Å². The Morgan fingerprint density at radius 1 is 1.12 bits per heavy atom. The van der Waals surface area contributed by atoms with Gasteiger partial charge in [-0.05, 0) is 37.1 Å². The van der Waals surface area contributed by atoms with Crippen molar-refractivity contribution < 1.29 is 19.5 Å². The molecule has 1 aliphatic rings. The number of carboxylic acids is 1. The zero-order valence-corrected chi connectivity index (χ0v) is 14.6. The molecule has 1 unspecified atom stereocenters. The summed E-state index contributed by atoms with van der Waals surface area (Å²) in [6.07, 6.45) is 0.0399. The van der Waals surface area contributed by atoms with Crippen LogP contribution in [0.25, 0.3) is 0 Å². The lowest BCUT2D eigenvalue weighted by molar-refractivity contribution is -0.255. The second-order valence-corrected chi connectivity index (χ2v) is 7.13. The van der Waals surface area contributed by atoms with Crippen molar-refractivity contribution in [2.75, 3.05) is 4.90 Å². The number of amides is 2. The molecule has 2 aromatic rings. The molecule has 2 amide bonds. The molecule has 1 fully saturated rings. The number of nitrogens with zero attached hydrogens (tertiary/aromatic N) is 1. The van der Waals surface area contributed by atoms with Crippen molar-refractivity contribution in [1.29, 1.82) is 0 Å². The van der Waals surface area contributed by atoms with Crippen LogP contribution in [-0.2, 0) is 9.59 Å². The number of hydrogen-bond donors (Lipinski definition) is 0. The molecule has 1 heterocycles. The quantitative estimate of drug-likeness (QED) is 0.786. The highest BCUT2D eigenvalue weighted by Crippen LogP contribution is 2.36. The molecule has 0 aliphatic carbocycles. The summed E-state index contributed by atoms with van der Waals surface area (Å²) in [5.41, 5.74) is 2.49. The minimum atomic E-state index is -1.30. The molecule has 0 bridgehead atoms. The standard InChI is InChI=1S/C19H17NO4S/c1-11-6-5-8-14(12(11)2)20-17(21)10-16(18(20)22)25-15-9-4-3-7-13(15)19(23)24/h3-9,16H,10H2,1-2H3,(H,23,24)/p-1. The smallest absolute Gasteiger partial charge is 0.247 e. The maximum Gasteiger partial charge on any atom is 0.247 e. The monoisotopic (exact) mass is 354 g/mol. The lowest BCUT2D eigenvalue weighted by Gasteiger charge is -2.19. The minimum Gasteiger partial charge on any atom is -0.545 e. The molecule has 0 aromatic heterocycles. The average molecular weight is 354 g/mol.